The summed E-state index contributed by atoms with van der Waals surface area (Å²) in [6.07, 6.45) is -1.29. The molecule has 1 atom stereocenters. The van der Waals surface area contributed by atoms with Crippen LogP contribution in [0.25, 0.3) is 0 Å². The van der Waals surface area contributed by atoms with E-state index in [-0.39, 0.29) is 13.2 Å². The topological polar surface area (TPSA) is 52.3 Å². The fourth-order valence-electron chi connectivity index (χ4n) is 0.892. The van der Waals surface area contributed by atoms with Crippen LogP contribution in [0.4, 0.5) is 4.39 Å². The van der Waals surface area contributed by atoms with Gasteiger partial charge in [-0.15, -0.1) is 0 Å². The minimum Gasteiger partial charge on any atom is -0.459 e. The number of hydrogen-bond donors (Lipinski definition) is 1. The molecule has 0 saturated carbocycles. The van der Waals surface area contributed by atoms with E-state index in [9.17, 15) is 9.18 Å². The molecule has 0 saturated heterocycles. The zero-order valence-corrected chi connectivity index (χ0v) is 7.65. The number of benzene rings is 1. The molecule has 0 amide bonds. The predicted molar refractivity (Wildman–Crippen MR) is 50.7 cm³/mol. The fraction of sp³-hybridized carbons (Fsp3) is 0.300. The second kappa shape index (κ2) is 5.34. The maximum absolute atomic E-state index is 12.6. The first-order chi connectivity index (χ1) is 6.74. The molecule has 0 spiro atoms. The van der Waals surface area contributed by atoms with Gasteiger partial charge >= 0.3 is 5.97 Å². The number of hydrogen-bond acceptors (Lipinski definition) is 3. The molecule has 0 heterocycles. The van der Waals surface area contributed by atoms with Gasteiger partial charge in [-0.1, -0.05) is 18.2 Å². The van der Waals surface area contributed by atoms with Crippen molar-refractivity contribution < 1.29 is 13.9 Å². The number of esters is 1. The van der Waals surface area contributed by atoms with Gasteiger partial charge in [-0.05, 0) is 12.1 Å². The van der Waals surface area contributed by atoms with Gasteiger partial charge in [-0.2, -0.15) is 0 Å². The molecule has 0 aliphatic heterocycles. The van der Waals surface area contributed by atoms with Gasteiger partial charge in [-0.3, -0.25) is 0 Å². The smallest absolute Gasteiger partial charge is 0.338 e. The Kier molecular flexibility index (Phi) is 4.07. The summed E-state index contributed by atoms with van der Waals surface area (Å²) < 4.78 is 17.3. The maximum atomic E-state index is 12.6. The van der Waals surface area contributed by atoms with E-state index >= 15 is 0 Å². The lowest BCUT2D eigenvalue weighted by atomic mass is 10.2. The molecule has 1 aromatic rings. The Balaban J connectivity index is 2.44. The highest BCUT2D eigenvalue weighted by Crippen LogP contribution is 2.01. The SMILES string of the molecule is NCC(F)COC(=O)c1ccccc1. The second-order valence-electron chi connectivity index (χ2n) is 2.80. The lowest BCUT2D eigenvalue weighted by molar-refractivity contribution is 0.0408. The van der Waals surface area contributed by atoms with E-state index < -0.39 is 12.1 Å². The van der Waals surface area contributed by atoms with Crippen molar-refractivity contribution in [1.82, 2.24) is 0 Å². The minimum atomic E-state index is -1.29. The van der Waals surface area contributed by atoms with Crippen LogP contribution in [0.15, 0.2) is 30.3 Å². The summed E-state index contributed by atoms with van der Waals surface area (Å²) in [6, 6.07) is 8.43. The summed E-state index contributed by atoms with van der Waals surface area (Å²) in [5.41, 5.74) is 5.44. The maximum Gasteiger partial charge on any atom is 0.338 e. The van der Waals surface area contributed by atoms with Crippen LogP contribution in [0.3, 0.4) is 0 Å². The van der Waals surface area contributed by atoms with E-state index in [1.165, 1.54) is 0 Å². The Morgan fingerprint density at radius 1 is 1.43 bits per heavy atom. The van der Waals surface area contributed by atoms with Crippen molar-refractivity contribution in [3.63, 3.8) is 0 Å². The monoisotopic (exact) mass is 197 g/mol. The van der Waals surface area contributed by atoms with Crippen molar-refractivity contribution in [2.75, 3.05) is 13.2 Å². The third-order valence-electron chi connectivity index (χ3n) is 1.66. The van der Waals surface area contributed by atoms with Crippen LogP contribution in [0.5, 0.6) is 0 Å². The first-order valence-electron chi connectivity index (χ1n) is 4.30. The molecule has 76 valence electrons. The van der Waals surface area contributed by atoms with Crippen molar-refractivity contribution >= 4 is 5.97 Å². The van der Waals surface area contributed by atoms with Gasteiger partial charge in [0.25, 0.3) is 0 Å². The lowest BCUT2D eigenvalue weighted by Crippen LogP contribution is -2.22. The highest BCUT2D eigenvalue weighted by Gasteiger charge is 2.09. The van der Waals surface area contributed by atoms with Gasteiger partial charge in [-0.25, -0.2) is 9.18 Å². The molecular formula is C10H12FNO2. The molecule has 1 aromatic carbocycles. The van der Waals surface area contributed by atoms with Crippen molar-refractivity contribution in [2.45, 2.75) is 6.17 Å². The van der Waals surface area contributed by atoms with Gasteiger partial charge in [0.15, 0.2) is 0 Å². The molecule has 1 unspecified atom stereocenters. The predicted octanol–water partition coefficient (Wildman–Crippen LogP) is 1.14. The van der Waals surface area contributed by atoms with Crippen LogP contribution in [0, 0.1) is 0 Å². The Labute approximate surface area is 81.7 Å². The van der Waals surface area contributed by atoms with Crippen molar-refractivity contribution in [1.29, 1.82) is 0 Å². The van der Waals surface area contributed by atoms with Crippen LogP contribution in [-0.2, 0) is 4.74 Å². The fourth-order valence-corrected chi connectivity index (χ4v) is 0.892. The third-order valence-corrected chi connectivity index (χ3v) is 1.66. The summed E-state index contributed by atoms with van der Waals surface area (Å²) >= 11 is 0. The van der Waals surface area contributed by atoms with E-state index in [1.54, 1.807) is 30.3 Å². The average Bonchev–Trinajstić information content (AvgIpc) is 2.26. The molecule has 0 aliphatic carbocycles. The van der Waals surface area contributed by atoms with Crippen molar-refractivity contribution in [3.05, 3.63) is 35.9 Å². The lowest BCUT2D eigenvalue weighted by Gasteiger charge is -2.06. The van der Waals surface area contributed by atoms with E-state index in [4.69, 9.17) is 5.73 Å². The number of nitrogens with two attached hydrogens (primary N) is 1. The molecule has 0 aliphatic rings. The van der Waals surface area contributed by atoms with Crippen LogP contribution in [-0.4, -0.2) is 25.3 Å². The Morgan fingerprint density at radius 2 is 2.07 bits per heavy atom. The van der Waals surface area contributed by atoms with Crippen molar-refractivity contribution in [3.8, 4) is 0 Å². The second-order valence-corrected chi connectivity index (χ2v) is 2.80. The molecule has 3 nitrogen and oxygen atoms in total. The zero-order chi connectivity index (χ0) is 10.4. The molecule has 0 radical (unpaired) electrons. The molecule has 2 N–H and O–H groups in total. The van der Waals surface area contributed by atoms with Crippen LogP contribution in [0.1, 0.15) is 10.4 Å². The molecule has 1 rings (SSSR count). The highest BCUT2D eigenvalue weighted by molar-refractivity contribution is 5.89. The van der Waals surface area contributed by atoms with E-state index in [0.29, 0.717) is 5.56 Å². The number of halogens is 1. The Morgan fingerprint density at radius 3 is 2.64 bits per heavy atom. The standard InChI is InChI=1S/C10H12FNO2/c11-9(6-12)7-14-10(13)8-4-2-1-3-5-8/h1-5,9H,6-7,12H2. The first kappa shape index (κ1) is 10.7. The largest absolute Gasteiger partial charge is 0.459 e. The van der Waals surface area contributed by atoms with E-state index in [2.05, 4.69) is 4.74 Å². The summed E-state index contributed by atoms with van der Waals surface area (Å²) in [5, 5.41) is 0. The Bertz CT molecular complexity index is 289. The van der Waals surface area contributed by atoms with E-state index in [0.717, 1.165) is 0 Å². The van der Waals surface area contributed by atoms with Gasteiger partial charge < -0.3 is 10.5 Å². The van der Waals surface area contributed by atoms with Gasteiger partial charge in [0.05, 0.1) is 5.56 Å². The quantitative estimate of drug-likeness (QED) is 0.736. The van der Waals surface area contributed by atoms with Crippen LogP contribution in [0.2, 0.25) is 0 Å². The molecule has 0 aromatic heterocycles. The summed E-state index contributed by atoms with van der Waals surface area (Å²) in [6.45, 7) is -0.424. The third kappa shape index (κ3) is 3.14. The number of ether oxygens (including phenoxy) is 1. The molecule has 0 bridgehead atoms. The summed E-state index contributed by atoms with van der Waals surface area (Å²) in [5.74, 6) is -0.526. The summed E-state index contributed by atoms with van der Waals surface area (Å²) in [7, 11) is 0. The zero-order valence-electron chi connectivity index (χ0n) is 7.65. The first-order valence-corrected chi connectivity index (χ1v) is 4.30. The average molecular weight is 197 g/mol. The van der Waals surface area contributed by atoms with Crippen LogP contribution < -0.4 is 5.73 Å². The number of rotatable bonds is 4. The molecule has 4 heteroatoms. The number of alkyl halides is 1. The number of carbonyl (C=O) groups is 1. The van der Waals surface area contributed by atoms with Gasteiger partial charge in [0, 0.05) is 6.54 Å². The molecular weight excluding hydrogens is 185 g/mol. The Hall–Kier alpha value is -1.42. The minimum absolute atomic E-state index is 0.137. The molecule has 0 fully saturated rings. The van der Waals surface area contributed by atoms with E-state index in [1.807, 2.05) is 0 Å². The highest BCUT2D eigenvalue weighted by atomic mass is 19.1. The van der Waals surface area contributed by atoms with Crippen molar-refractivity contribution in [2.24, 2.45) is 5.73 Å². The van der Waals surface area contributed by atoms with Gasteiger partial charge in [0.1, 0.15) is 12.8 Å². The molecule has 14 heavy (non-hydrogen) atoms. The van der Waals surface area contributed by atoms with Gasteiger partial charge in [0.2, 0.25) is 0 Å². The normalized spacial score (nSPS) is 12.1. The summed E-state index contributed by atoms with van der Waals surface area (Å²) in [4.78, 5) is 11.2. The van der Waals surface area contributed by atoms with Crippen LogP contribution >= 0.6 is 0 Å². The number of carbonyl (C=O) groups excluding carboxylic acids is 1.